The summed E-state index contributed by atoms with van der Waals surface area (Å²) in [5.74, 6) is -0.579. The van der Waals surface area contributed by atoms with Crippen LogP contribution in [0.25, 0.3) is 0 Å². The van der Waals surface area contributed by atoms with Gasteiger partial charge in [0.25, 0.3) is 0 Å². The molecule has 0 saturated heterocycles. The Morgan fingerprint density at radius 1 is 1.50 bits per heavy atom. The Kier molecular flexibility index (Phi) is 3.09. The molecular formula is C6H7ClFNO. The molecule has 1 aromatic heterocycles. The summed E-state index contributed by atoms with van der Waals surface area (Å²) >= 11 is 0. The molecule has 0 saturated carbocycles. The summed E-state index contributed by atoms with van der Waals surface area (Å²) in [5.41, 5.74) is 0.241. The van der Waals surface area contributed by atoms with Crippen molar-refractivity contribution in [2.45, 2.75) is 6.92 Å². The van der Waals surface area contributed by atoms with E-state index in [1.807, 2.05) is 0 Å². The van der Waals surface area contributed by atoms with Crippen molar-refractivity contribution in [3.05, 3.63) is 23.8 Å². The summed E-state index contributed by atoms with van der Waals surface area (Å²) in [5, 5.41) is 8.80. The minimum Gasteiger partial charge on any atom is -0.506 e. The Morgan fingerprint density at radius 3 is 2.50 bits per heavy atom. The van der Waals surface area contributed by atoms with Crippen molar-refractivity contribution in [2.75, 3.05) is 0 Å². The van der Waals surface area contributed by atoms with Crippen molar-refractivity contribution < 1.29 is 9.50 Å². The molecule has 0 spiro atoms. The third kappa shape index (κ3) is 1.57. The van der Waals surface area contributed by atoms with Crippen LogP contribution < -0.4 is 0 Å². The van der Waals surface area contributed by atoms with E-state index in [-0.39, 0.29) is 23.7 Å². The lowest BCUT2D eigenvalue weighted by molar-refractivity contribution is 0.459. The van der Waals surface area contributed by atoms with Crippen LogP contribution in [0, 0.1) is 12.7 Å². The Hall–Kier alpha value is -0.830. The Labute approximate surface area is 64.1 Å². The van der Waals surface area contributed by atoms with Crippen LogP contribution in [0.2, 0.25) is 0 Å². The van der Waals surface area contributed by atoms with Crippen molar-refractivity contribution in [3.8, 4) is 5.75 Å². The lowest BCUT2D eigenvalue weighted by atomic mass is 10.3. The van der Waals surface area contributed by atoms with Gasteiger partial charge in [-0.2, -0.15) is 0 Å². The number of rotatable bonds is 0. The van der Waals surface area contributed by atoms with Gasteiger partial charge in [-0.15, -0.1) is 12.4 Å². The summed E-state index contributed by atoms with van der Waals surface area (Å²) in [7, 11) is 0. The van der Waals surface area contributed by atoms with Gasteiger partial charge in [0.05, 0.1) is 12.4 Å². The van der Waals surface area contributed by atoms with Gasteiger partial charge in [0, 0.05) is 5.56 Å². The smallest absolute Gasteiger partial charge is 0.148 e. The molecule has 0 aliphatic heterocycles. The summed E-state index contributed by atoms with van der Waals surface area (Å²) < 4.78 is 12.4. The fraction of sp³-hybridized carbons (Fsp3) is 0.167. The third-order valence-corrected chi connectivity index (χ3v) is 1.13. The minimum absolute atomic E-state index is 0. The Balaban J connectivity index is 0.000000810. The Morgan fingerprint density at radius 2 is 2.10 bits per heavy atom. The first kappa shape index (κ1) is 9.17. The minimum atomic E-state index is -0.477. The second-order valence-electron chi connectivity index (χ2n) is 1.77. The first-order chi connectivity index (χ1) is 4.22. The molecular weight excluding hydrogens is 157 g/mol. The van der Waals surface area contributed by atoms with E-state index < -0.39 is 5.82 Å². The van der Waals surface area contributed by atoms with Crippen LogP contribution in [0.4, 0.5) is 4.39 Å². The average Bonchev–Trinajstić information content (AvgIpc) is 1.83. The molecule has 1 rings (SSSR count). The number of hydrogen-bond acceptors (Lipinski definition) is 2. The van der Waals surface area contributed by atoms with Crippen molar-refractivity contribution in [1.82, 2.24) is 4.98 Å². The van der Waals surface area contributed by atoms with Gasteiger partial charge >= 0.3 is 0 Å². The molecule has 0 atom stereocenters. The predicted octanol–water partition coefficient (Wildman–Crippen LogP) is 1.66. The molecule has 0 aliphatic carbocycles. The molecule has 0 radical (unpaired) electrons. The van der Waals surface area contributed by atoms with Gasteiger partial charge in [0.15, 0.2) is 0 Å². The van der Waals surface area contributed by atoms with E-state index in [0.29, 0.717) is 0 Å². The van der Waals surface area contributed by atoms with E-state index in [1.54, 1.807) is 0 Å². The third-order valence-electron chi connectivity index (χ3n) is 1.13. The number of halogens is 2. The van der Waals surface area contributed by atoms with Crippen LogP contribution >= 0.6 is 12.4 Å². The SMILES string of the molecule is Cc1c(O)cncc1F.Cl. The predicted molar refractivity (Wildman–Crippen MR) is 37.8 cm³/mol. The molecule has 56 valence electrons. The molecule has 1 heterocycles. The van der Waals surface area contributed by atoms with E-state index in [1.165, 1.54) is 13.1 Å². The topological polar surface area (TPSA) is 33.1 Å². The molecule has 10 heavy (non-hydrogen) atoms. The Bertz CT molecular complexity index is 209. The molecule has 0 aliphatic rings. The number of pyridine rings is 1. The largest absolute Gasteiger partial charge is 0.506 e. The van der Waals surface area contributed by atoms with Crippen molar-refractivity contribution in [2.24, 2.45) is 0 Å². The number of aromatic hydroxyl groups is 1. The maximum absolute atomic E-state index is 12.4. The van der Waals surface area contributed by atoms with Gasteiger partial charge < -0.3 is 5.11 Å². The lowest BCUT2D eigenvalue weighted by Gasteiger charge is -1.95. The lowest BCUT2D eigenvalue weighted by Crippen LogP contribution is -1.83. The highest BCUT2D eigenvalue weighted by molar-refractivity contribution is 5.85. The molecule has 1 N–H and O–H groups in total. The average molecular weight is 164 g/mol. The van der Waals surface area contributed by atoms with E-state index in [0.717, 1.165) is 6.20 Å². The standard InChI is InChI=1S/C6H6FNO.ClH/c1-4-5(7)2-8-3-6(4)9;/h2-3,9H,1H3;1H. The highest BCUT2D eigenvalue weighted by Gasteiger charge is 1.99. The molecule has 0 amide bonds. The van der Waals surface area contributed by atoms with E-state index in [4.69, 9.17) is 5.11 Å². The highest BCUT2D eigenvalue weighted by atomic mass is 35.5. The second-order valence-corrected chi connectivity index (χ2v) is 1.77. The van der Waals surface area contributed by atoms with Crippen LogP contribution in [-0.2, 0) is 0 Å². The van der Waals surface area contributed by atoms with Crippen molar-refractivity contribution in [3.63, 3.8) is 0 Å². The number of hydrogen-bond donors (Lipinski definition) is 1. The summed E-state index contributed by atoms with van der Waals surface area (Å²) in [6, 6.07) is 0. The quantitative estimate of drug-likeness (QED) is 0.631. The molecule has 2 nitrogen and oxygen atoms in total. The second kappa shape index (κ2) is 3.37. The molecule has 0 bridgehead atoms. The molecule has 0 unspecified atom stereocenters. The van der Waals surface area contributed by atoms with Crippen molar-refractivity contribution in [1.29, 1.82) is 0 Å². The fourth-order valence-electron chi connectivity index (χ4n) is 0.489. The normalized spacial score (nSPS) is 8.60. The zero-order chi connectivity index (χ0) is 6.85. The van der Waals surface area contributed by atoms with Crippen LogP contribution in [0.5, 0.6) is 5.75 Å². The van der Waals surface area contributed by atoms with Gasteiger partial charge in [-0.05, 0) is 6.92 Å². The van der Waals surface area contributed by atoms with E-state index >= 15 is 0 Å². The van der Waals surface area contributed by atoms with Crippen LogP contribution in [0.3, 0.4) is 0 Å². The first-order valence-corrected chi connectivity index (χ1v) is 2.51. The van der Waals surface area contributed by atoms with Crippen molar-refractivity contribution >= 4 is 12.4 Å². The van der Waals surface area contributed by atoms with Gasteiger partial charge in [0.2, 0.25) is 0 Å². The summed E-state index contributed by atoms with van der Waals surface area (Å²) in [4.78, 5) is 3.42. The van der Waals surface area contributed by atoms with Gasteiger partial charge in [-0.3, -0.25) is 4.98 Å². The molecule has 0 aromatic carbocycles. The molecule has 0 fully saturated rings. The van der Waals surface area contributed by atoms with Gasteiger partial charge in [-0.25, -0.2) is 4.39 Å². The molecule has 1 aromatic rings. The molecule has 4 heteroatoms. The van der Waals surface area contributed by atoms with Crippen LogP contribution in [-0.4, -0.2) is 10.1 Å². The van der Waals surface area contributed by atoms with E-state index in [9.17, 15) is 4.39 Å². The van der Waals surface area contributed by atoms with E-state index in [2.05, 4.69) is 4.98 Å². The summed E-state index contributed by atoms with van der Waals surface area (Å²) in [6.45, 7) is 1.49. The maximum atomic E-state index is 12.4. The maximum Gasteiger partial charge on any atom is 0.148 e. The number of aromatic nitrogens is 1. The zero-order valence-corrected chi connectivity index (χ0v) is 6.15. The van der Waals surface area contributed by atoms with Crippen LogP contribution in [0.15, 0.2) is 12.4 Å². The van der Waals surface area contributed by atoms with Gasteiger partial charge in [-0.1, -0.05) is 0 Å². The first-order valence-electron chi connectivity index (χ1n) is 2.51. The summed E-state index contributed by atoms with van der Waals surface area (Å²) in [6.07, 6.45) is 2.27. The monoisotopic (exact) mass is 163 g/mol. The highest BCUT2D eigenvalue weighted by Crippen LogP contribution is 2.15. The van der Waals surface area contributed by atoms with Gasteiger partial charge in [0.1, 0.15) is 11.6 Å². The zero-order valence-electron chi connectivity index (χ0n) is 5.34. The fourth-order valence-corrected chi connectivity index (χ4v) is 0.489. The van der Waals surface area contributed by atoms with Crippen LogP contribution in [0.1, 0.15) is 5.56 Å². The number of nitrogens with zero attached hydrogens (tertiary/aromatic N) is 1.